The molecule has 0 atom stereocenters. The maximum absolute atomic E-state index is 11.0. The summed E-state index contributed by atoms with van der Waals surface area (Å²) < 4.78 is 10.7. The largest absolute Gasteiger partial charge is 0.493 e. The molecule has 0 aliphatic carbocycles. The molecule has 0 radical (unpaired) electrons. The topological polar surface area (TPSA) is 61.6 Å². The smallest absolute Gasteiger partial charge is 0.247 e. The number of ether oxygens (including phenoxy) is 2. The third-order valence-electron chi connectivity index (χ3n) is 2.67. The van der Waals surface area contributed by atoms with Gasteiger partial charge in [0.15, 0.2) is 11.5 Å². The summed E-state index contributed by atoms with van der Waals surface area (Å²) in [5.74, 6) is 1.45. The van der Waals surface area contributed by atoms with Crippen molar-refractivity contribution in [2.45, 2.75) is 27.2 Å². The molecule has 0 N–H and O–H groups in total. The van der Waals surface area contributed by atoms with E-state index in [2.05, 4.69) is 0 Å². The summed E-state index contributed by atoms with van der Waals surface area (Å²) in [6.45, 7) is 6.34. The SMILES string of the molecule is CCOc1ccc(C=C(CC(C)C)[N+](=O)[O-])cc1OC. The van der Waals surface area contributed by atoms with Crippen molar-refractivity contribution in [3.8, 4) is 11.5 Å². The van der Waals surface area contributed by atoms with Crippen molar-refractivity contribution < 1.29 is 14.4 Å². The minimum atomic E-state index is -0.330. The van der Waals surface area contributed by atoms with E-state index in [1.54, 1.807) is 31.4 Å². The van der Waals surface area contributed by atoms with Crippen LogP contribution in [0.4, 0.5) is 0 Å². The number of hydrogen-bond acceptors (Lipinski definition) is 4. The lowest BCUT2D eigenvalue weighted by Crippen LogP contribution is -2.02. The van der Waals surface area contributed by atoms with Crippen molar-refractivity contribution in [3.63, 3.8) is 0 Å². The van der Waals surface area contributed by atoms with Gasteiger partial charge in [-0.05, 0) is 30.5 Å². The molecule has 20 heavy (non-hydrogen) atoms. The normalized spacial score (nSPS) is 11.6. The lowest BCUT2D eigenvalue weighted by molar-refractivity contribution is -0.427. The maximum atomic E-state index is 11.0. The van der Waals surface area contributed by atoms with Crippen LogP contribution < -0.4 is 9.47 Å². The molecule has 0 fully saturated rings. The third-order valence-corrected chi connectivity index (χ3v) is 2.67. The van der Waals surface area contributed by atoms with Gasteiger partial charge in [0.2, 0.25) is 5.70 Å². The first kappa shape index (κ1) is 16.0. The molecule has 0 aliphatic rings. The van der Waals surface area contributed by atoms with Crippen molar-refractivity contribution in [1.29, 1.82) is 0 Å². The predicted octanol–water partition coefficient (Wildman–Crippen LogP) is 3.76. The first-order valence-electron chi connectivity index (χ1n) is 6.63. The summed E-state index contributed by atoms with van der Waals surface area (Å²) in [5.41, 5.74) is 0.934. The van der Waals surface area contributed by atoms with Crippen molar-refractivity contribution in [1.82, 2.24) is 0 Å². The first-order valence-corrected chi connectivity index (χ1v) is 6.63. The fourth-order valence-electron chi connectivity index (χ4n) is 1.85. The van der Waals surface area contributed by atoms with Gasteiger partial charge in [-0.3, -0.25) is 10.1 Å². The highest BCUT2D eigenvalue weighted by molar-refractivity contribution is 5.57. The van der Waals surface area contributed by atoms with Gasteiger partial charge in [0.05, 0.1) is 18.6 Å². The molecule has 0 bridgehead atoms. The number of nitro groups is 1. The molecule has 1 rings (SSSR count). The number of benzene rings is 1. The molecule has 0 unspecified atom stereocenters. The minimum absolute atomic E-state index is 0.200. The molecule has 0 spiro atoms. The van der Waals surface area contributed by atoms with Crippen molar-refractivity contribution in [2.24, 2.45) is 5.92 Å². The summed E-state index contributed by atoms with van der Waals surface area (Å²) in [5, 5.41) is 11.0. The van der Waals surface area contributed by atoms with Gasteiger partial charge in [0.25, 0.3) is 0 Å². The Labute approximate surface area is 119 Å². The van der Waals surface area contributed by atoms with Crippen LogP contribution in [0.2, 0.25) is 0 Å². The highest BCUT2D eigenvalue weighted by Crippen LogP contribution is 2.29. The molecule has 110 valence electrons. The molecule has 0 amide bonds. The van der Waals surface area contributed by atoms with Crippen LogP contribution in [0.15, 0.2) is 23.9 Å². The molecule has 0 heterocycles. The van der Waals surface area contributed by atoms with Crippen molar-refractivity contribution in [2.75, 3.05) is 13.7 Å². The average molecular weight is 279 g/mol. The van der Waals surface area contributed by atoms with Crippen LogP contribution in [-0.4, -0.2) is 18.6 Å². The van der Waals surface area contributed by atoms with E-state index in [-0.39, 0.29) is 16.5 Å². The Morgan fingerprint density at radius 1 is 1.40 bits per heavy atom. The van der Waals surface area contributed by atoms with Crippen LogP contribution >= 0.6 is 0 Å². The molecule has 0 aliphatic heterocycles. The number of allylic oxidation sites excluding steroid dienone is 1. The Morgan fingerprint density at radius 2 is 2.10 bits per heavy atom. The predicted molar refractivity (Wildman–Crippen MR) is 78.6 cm³/mol. The quantitative estimate of drug-likeness (QED) is 0.563. The van der Waals surface area contributed by atoms with E-state index in [1.165, 1.54) is 0 Å². The van der Waals surface area contributed by atoms with Gasteiger partial charge in [0, 0.05) is 12.5 Å². The summed E-state index contributed by atoms with van der Waals surface area (Å²) in [6, 6.07) is 5.30. The van der Waals surface area contributed by atoms with Gasteiger partial charge < -0.3 is 9.47 Å². The fraction of sp³-hybridized carbons (Fsp3) is 0.467. The van der Waals surface area contributed by atoms with E-state index in [1.807, 2.05) is 20.8 Å². The Bertz CT molecular complexity index is 495. The maximum Gasteiger partial charge on any atom is 0.247 e. The van der Waals surface area contributed by atoms with Crippen LogP contribution in [0.3, 0.4) is 0 Å². The second kappa shape index (κ2) is 7.53. The molecule has 0 saturated heterocycles. The minimum Gasteiger partial charge on any atom is -0.493 e. The van der Waals surface area contributed by atoms with E-state index in [0.717, 1.165) is 5.56 Å². The van der Waals surface area contributed by atoms with Crippen molar-refractivity contribution in [3.05, 3.63) is 39.6 Å². The fourth-order valence-corrected chi connectivity index (χ4v) is 1.85. The number of hydrogen-bond donors (Lipinski definition) is 0. The van der Waals surface area contributed by atoms with E-state index >= 15 is 0 Å². The average Bonchev–Trinajstić information content (AvgIpc) is 2.39. The van der Waals surface area contributed by atoms with Gasteiger partial charge in [-0.2, -0.15) is 0 Å². The Hall–Kier alpha value is -2.04. The van der Waals surface area contributed by atoms with Crippen molar-refractivity contribution >= 4 is 6.08 Å². The van der Waals surface area contributed by atoms with Crippen LogP contribution in [-0.2, 0) is 0 Å². The van der Waals surface area contributed by atoms with Crippen LogP contribution in [0.5, 0.6) is 11.5 Å². The van der Waals surface area contributed by atoms with Gasteiger partial charge in [-0.1, -0.05) is 19.9 Å². The van der Waals surface area contributed by atoms with E-state index in [0.29, 0.717) is 24.5 Å². The summed E-state index contributed by atoms with van der Waals surface area (Å²) in [6.07, 6.45) is 2.01. The molecule has 1 aromatic rings. The van der Waals surface area contributed by atoms with Gasteiger partial charge in [-0.15, -0.1) is 0 Å². The van der Waals surface area contributed by atoms with E-state index < -0.39 is 0 Å². The molecule has 5 nitrogen and oxygen atoms in total. The Kier molecular flexibility index (Phi) is 6.03. The molecular weight excluding hydrogens is 258 g/mol. The van der Waals surface area contributed by atoms with Gasteiger partial charge >= 0.3 is 0 Å². The Balaban J connectivity index is 3.08. The summed E-state index contributed by atoms with van der Waals surface area (Å²) in [4.78, 5) is 10.7. The molecule has 0 aromatic heterocycles. The molecule has 0 saturated carbocycles. The Morgan fingerprint density at radius 3 is 2.60 bits per heavy atom. The highest BCUT2D eigenvalue weighted by Gasteiger charge is 2.14. The van der Waals surface area contributed by atoms with E-state index in [9.17, 15) is 10.1 Å². The van der Waals surface area contributed by atoms with Gasteiger partial charge in [0.1, 0.15) is 0 Å². The number of rotatable bonds is 7. The monoisotopic (exact) mass is 279 g/mol. The zero-order valence-electron chi connectivity index (χ0n) is 12.4. The molecule has 5 heteroatoms. The third kappa shape index (κ3) is 4.57. The second-order valence-electron chi connectivity index (χ2n) is 4.83. The lowest BCUT2D eigenvalue weighted by Gasteiger charge is -2.09. The molecular formula is C15H21NO4. The standard InChI is InChI=1S/C15H21NO4/c1-5-20-14-7-6-12(10-15(14)19-4)9-13(16(17)18)8-11(2)3/h6-7,9-11H,5,8H2,1-4H3. The lowest BCUT2D eigenvalue weighted by atomic mass is 10.1. The molecule has 1 aromatic carbocycles. The zero-order chi connectivity index (χ0) is 15.1. The summed E-state index contributed by atoms with van der Waals surface area (Å²) in [7, 11) is 1.55. The number of nitrogens with zero attached hydrogens (tertiary/aromatic N) is 1. The number of methoxy groups -OCH3 is 1. The van der Waals surface area contributed by atoms with Crippen LogP contribution in [0.1, 0.15) is 32.8 Å². The van der Waals surface area contributed by atoms with E-state index in [4.69, 9.17) is 9.47 Å². The van der Waals surface area contributed by atoms with Crippen LogP contribution in [0, 0.1) is 16.0 Å². The first-order chi connectivity index (χ1) is 9.47. The van der Waals surface area contributed by atoms with Gasteiger partial charge in [-0.25, -0.2) is 0 Å². The second-order valence-corrected chi connectivity index (χ2v) is 4.83. The summed E-state index contributed by atoms with van der Waals surface area (Å²) >= 11 is 0. The zero-order valence-corrected chi connectivity index (χ0v) is 12.4. The highest BCUT2D eigenvalue weighted by atomic mass is 16.6. The van der Waals surface area contributed by atoms with Crippen LogP contribution in [0.25, 0.3) is 6.08 Å².